The van der Waals surface area contributed by atoms with E-state index in [9.17, 15) is 9.18 Å². The molecule has 2 aromatic carbocycles. The van der Waals surface area contributed by atoms with Crippen molar-refractivity contribution in [3.8, 4) is 0 Å². The Labute approximate surface area is 140 Å². The summed E-state index contributed by atoms with van der Waals surface area (Å²) in [6, 6.07) is 12.5. The zero-order chi connectivity index (χ0) is 15.5. The predicted octanol–water partition coefficient (Wildman–Crippen LogP) is 4.78. The van der Waals surface area contributed by atoms with Crippen LogP contribution in [0.3, 0.4) is 0 Å². The maximum absolute atomic E-state index is 13.6. The standard InChI is InChI=1S/C17H13BrFNOS/c18-12-5-6-15(19)14(9-12)17(21)20-8-7-11-10-22-16-4-2-1-3-13(11)16/h1-6,9-10H,7-8H2,(H,20,21). The highest BCUT2D eigenvalue weighted by atomic mass is 79.9. The van der Waals surface area contributed by atoms with Gasteiger partial charge in [-0.2, -0.15) is 0 Å². The van der Waals surface area contributed by atoms with Gasteiger partial charge in [0.2, 0.25) is 0 Å². The number of fused-ring (bicyclic) bond motifs is 1. The summed E-state index contributed by atoms with van der Waals surface area (Å²) < 4.78 is 15.6. The molecule has 3 aromatic rings. The van der Waals surface area contributed by atoms with Crippen LogP contribution >= 0.6 is 27.3 Å². The van der Waals surface area contributed by atoms with Crippen molar-refractivity contribution in [3.05, 3.63) is 69.3 Å². The summed E-state index contributed by atoms with van der Waals surface area (Å²) in [4.78, 5) is 12.0. The molecule has 1 N–H and O–H groups in total. The number of hydrogen-bond acceptors (Lipinski definition) is 2. The van der Waals surface area contributed by atoms with Gasteiger partial charge in [-0.05, 0) is 47.0 Å². The van der Waals surface area contributed by atoms with Crippen LogP contribution in [-0.2, 0) is 6.42 Å². The summed E-state index contributed by atoms with van der Waals surface area (Å²) in [6.07, 6.45) is 0.728. The normalized spacial score (nSPS) is 10.8. The molecule has 0 saturated heterocycles. The quantitative estimate of drug-likeness (QED) is 0.696. The number of rotatable bonds is 4. The molecule has 0 aliphatic rings. The first kappa shape index (κ1) is 15.2. The molecule has 0 spiro atoms. The van der Waals surface area contributed by atoms with Gasteiger partial charge >= 0.3 is 0 Å². The van der Waals surface area contributed by atoms with Crippen LogP contribution in [-0.4, -0.2) is 12.5 Å². The summed E-state index contributed by atoms with van der Waals surface area (Å²) in [5.41, 5.74) is 1.26. The zero-order valence-electron chi connectivity index (χ0n) is 11.6. The van der Waals surface area contributed by atoms with E-state index >= 15 is 0 Å². The fraction of sp³-hybridized carbons (Fsp3) is 0.118. The number of carbonyl (C=O) groups is 1. The van der Waals surface area contributed by atoms with Crippen molar-refractivity contribution in [2.75, 3.05) is 6.54 Å². The van der Waals surface area contributed by atoms with E-state index in [1.807, 2.05) is 12.1 Å². The Morgan fingerprint density at radius 3 is 2.91 bits per heavy atom. The molecule has 1 heterocycles. The van der Waals surface area contributed by atoms with E-state index in [2.05, 4.69) is 38.8 Å². The van der Waals surface area contributed by atoms with Crippen LogP contribution in [0.25, 0.3) is 10.1 Å². The van der Waals surface area contributed by atoms with Crippen LogP contribution < -0.4 is 5.32 Å². The van der Waals surface area contributed by atoms with Gasteiger partial charge in [0.05, 0.1) is 5.56 Å². The second-order valence-electron chi connectivity index (χ2n) is 4.89. The highest BCUT2D eigenvalue weighted by Crippen LogP contribution is 2.25. The molecule has 0 bridgehead atoms. The van der Waals surface area contributed by atoms with Gasteiger partial charge in [0.15, 0.2) is 0 Å². The Morgan fingerprint density at radius 1 is 1.23 bits per heavy atom. The van der Waals surface area contributed by atoms with Crippen molar-refractivity contribution in [2.24, 2.45) is 0 Å². The van der Waals surface area contributed by atoms with E-state index < -0.39 is 11.7 Å². The van der Waals surface area contributed by atoms with Crippen LogP contribution in [0, 0.1) is 5.82 Å². The van der Waals surface area contributed by atoms with E-state index in [0.29, 0.717) is 11.0 Å². The Kier molecular flexibility index (Phi) is 4.55. The smallest absolute Gasteiger partial charge is 0.254 e. The van der Waals surface area contributed by atoms with Crippen LogP contribution in [0.1, 0.15) is 15.9 Å². The molecule has 0 unspecified atom stereocenters. The van der Waals surface area contributed by atoms with Gasteiger partial charge in [-0.25, -0.2) is 4.39 Å². The zero-order valence-corrected chi connectivity index (χ0v) is 14.0. The average molecular weight is 378 g/mol. The molecule has 1 amide bonds. The van der Waals surface area contributed by atoms with Crippen LogP contribution in [0.5, 0.6) is 0 Å². The number of amides is 1. The molecule has 0 atom stereocenters. The van der Waals surface area contributed by atoms with Gasteiger partial charge in [0.1, 0.15) is 5.82 Å². The Balaban J connectivity index is 1.65. The first-order chi connectivity index (χ1) is 10.6. The second-order valence-corrected chi connectivity index (χ2v) is 6.71. The Hall–Kier alpha value is -1.72. The van der Waals surface area contributed by atoms with Crippen molar-refractivity contribution in [2.45, 2.75) is 6.42 Å². The van der Waals surface area contributed by atoms with Gasteiger partial charge in [-0.15, -0.1) is 11.3 Å². The predicted molar refractivity (Wildman–Crippen MR) is 92.0 cm³/mol. The summed E-state index contributed by atoms with van der Waals surface area (Å²) in [5.74, 6) is -0.903. The average Bonchev–Trinajstić information content (AvgIpc) is 2.93. The second kappa shape index (κ2) is 6.58. The lowest BCUT2D eigenvalue weighted by molar-refractivity contribution is 0.0950. The van der Waals surface area contributed by atoms with Gasteiger partial charge in [-0.3, -0.25) is 4.79 Å². The molecule has 112 valence electrons. The molecule has 5 heteroatoms. The minimum absolute atomic E-state index is 0.0598. The van der Waals surface area contributed by atoms with Gasteiger partial charge in [0.25, 0.3) is 5.91 Å². The fourth-order valence-electron chi connectivity index (χ4n) is 2.30. The lowest BCUT2D eigenvalue weighted by atomic mass is 10.1. The number of thiophene rings is 1. The molecule has 0 fully saturated rings. The SMILES string of the molecule is O=C(NCCc1csc2ccccc12)c1cc(Br)ccc1F. The monoisotopic (exact) mass is 377 g/mol. The van der Waals surface area contributed by atoms with Crippen LogP contribution in [0.2, 0.25) is 0 Å². The minimum Gasteiger partial charge on any atom is -0.352 e. The molecule has 0 saturated carbocycles. The lowest BCUT2D eigenvalue weighted by Gasteiger charge is -2.06. The highest BCUT2D eigenvalue weighted by molar-refractivity contribution is 9.10. The molecule has 0 aliphatic carbocycles. The summed E-state index contributed by atoms with van der Waals surface area (Å²) >= 11 is 4.94. The van der Waals surface area contributed by atoms with Crippen LogP contribution in [0.4, 0.5) is 4.39 Å². The van der Waals surface area contributed by atoms with E-state index in [-0.39, 0.29) is 5.56 Å². The van der Waals surface area contributed by atoms with E-state index in [0.717, 1.165) is 6.42 Å². The molecule has 0 radical (unpaired) electrons. The van der Waals surface area contributed by atoms with Crippen molar-refractivity contribution in [3.63, 3.8) is 0 Å². The molecule has 0 aliphatic heterocycles. The largest absolute Gasteiger partial charge is 0.352 e. The third-order valence-corrected chi connectivity index (χ3v) is 4.92. The topological polar surface area (TPSA) is 29.1 Å². The fourth-order valence-corrected chi connectivity index (χ4v) is 3.66. The number of nitrogens with one attached hydrogen (secondary N) is 1. The Morgan fingerprint density at radius 2 is 2.05 bits per heavy atom. The first-order valence-corrected chi connectivity index (χ1v) is 8.51. The third-order valence-electron chi connectivity index (χ3n) is 3.41. The lowest BCUT2D eigenvalue weighted by Crippen LogP contribution is -2.26. The molecule has 1 aromatic heterocycles. The van der Waals surface area contributed by atoms with Crippen molar-refractivity contribution < 1.29 is 9.18 Å². The van der Waals surface area contributed by atoms with Crippen molar-refractivity contribution >= 4 is 43.3 Å². The summed E-state index contributed by atoms with van der Waals surface area (Å²) in [6.45, 7) is 0.478. The number of benzene rings is 2. The summed E-state index contributed by atoms with van der Waals surface area (Å²) in [7, 11) is 0. The maximum atomic E-state index is 13.6. The number of halogens is 2. The van der Waals surface area contributed by atoms with Crippen LogP contribution in [0.15, 0.2) is 52.3 Å². The van der Waals surface area contributed by atoms with Crippen molar-refractivity contribution in [1.82, 2.24) is 5.32 Å². The number of hydrogen-bond donors (Lipinski definition) is 1. The summed E-state index contributed by atoms with van der Waals surface area (Å²) in [5, 5.41) is 6.10. The van der Waals surface area contributed by atoms with Gasteiger partial charge in [-0.1, -0.05) is 34.1 Å². The third kappa shape index (κ3) is 3.20. The highest BCUT2D eigenvalue weighted by Gasteiger charge is 2.12. The molecular formula is C17H13BrFNOS. The van der Waals surface area contributed by atoms with Crippen molar-refractivity contribution in [1.29, 1.82) is 0 Å². The molecule has 2 nitrogen and oxygen atoms in total. The van der Waals surface area contributed by atoms with E-state index in [4.69, 9.17) is 0 Å². The molecular weight excluding hydrogens is 365 g/mol. The molecule has 3 rings (SSSR count). The minimum atomic E-state index is -0.512. The van der Waals surface area contributed by atoms with Gasteiger partial charge in [0, 0.05) is 15.7 Å². The Bertz CT molecular complexity index is 830. The van der Waals surface area contributed by atoms with E-state index in [1.165, 1.54) is 27.8 Å². The van der Waals surface area contributed by atoms with Gasteiger partial charge < -0.3 is 5.32 Å². The maximum Gasteiger partial charge on any atom is 0.254 e. The van der Waals surface area contributed by atoms with E-state index in [1.54, 1.807) is 17.4 Å². The number of carbonyl (C=O) groups excluding carboxylic acids is 1. The first-order valence-electron chi connectivity index (χ1n) is 6.83. The molecule has 22 heavy (non-hydrogen) atoms.